The molecule has 1 aromatic carbocycles. The zero-order chi connectivity index (χ0) is 15.4. The van der Waals surface area contributed by atoms with Crippen molar-refractivity contribution in [3.05, 3.63) is 72.1 Å². The van der Waals surface area contributed by atoms with Gasteiger partial charge in [-0.2, -0.15) is 10.2 Å². The number of H-pyrrole nitrogens is 1. The van der Waals surface area contributed by atoms with Gasteiger partial charge in [-0.3, -0.25) is 14.6 Å². The van der Waals surface area contributed by atoms with Crippen molar-refractivity contribution in [2.75, 3.05) is 0 Å². The van der Waals surface area contributed by atoms with E-state index in [1.807, 2.05) is 30.3 Å². The van der Waals surface area contributed by atoms with Crippen LogP contribution in [0.15, 0.2) is 55.1 Å². The molecule has 3 aromatic rings. The van der Waals surface area contributed by atoms with Crippen LogP contribution in [0.5, 0.6) is 0 Å². The second-order valence-electron chi connectivity index (χ2n) is 4.64. The van der Waals surface area contributed by atoms with Gasteiger partial charge in [0.2, 0.25) is 5.78 Å². The molecule has 2 aromatic heterocycles. The van der Waals surface area contributed by atoms with Crippen molar-refractivity contribution in [3.8, 4) is 0 Å². The predicted molar refractivity (Wildman–Crippen MR) is 79.1 cm³/mol. The lowest BCUT2D eigenvalue weighted by atomic mass is 10.2. The maximum absolute atomic E-state index is 11.8. The molecule has 7 heteroatoms. The van der Waals surface area contributed by atoms with Crippen LogP contribution in [0.4, 0.5) is 0 Å². The summed E-state index contributed by atoms with van der Waals surface area (Å²) < 4.78 is 1.69. The molecule has 0 fully saturated rings. The molecule has 0 aliphatic rings. The number of hydrogen-bond donors (Lipinski definition) is 2. The highest BCUT2D eigenvalue weighted by atomic mass is 16.3. The molecule has 0 aliphatic carbocycles. The molecule has 2 N–H and O–H groups in total. The van der Waals surface area contributed by atoms with Crippen LogP contribution >= 0.6 is 0 Å². The van der Waals surface area contributed by atoms with E-state index < -0.39 is 5.78 Å². The number of rotatable bonds is 5. The van der Waals surface area contributed by atoms with Crippen molar-refractivity contribution in [1.29, 1.82) is 0 Å². The van der Waals surface area contributed by atoms with Gasteiger partial charge in [0.1, 0.15) is 12.1 Å². The van der Waals surface area contributed by atoms with Gasteiger partial charge in [0.25, 0.3) is 0 Å². The number of aromatic nitrogens is 5. The first-order valence-corrected chi connectivity index (χ1v) is 6.59. The van der Waals surface area contributed by atoms with Gasteiger partial charge < -0.3 is 5.11 Å². The summed E-state index contributed by atoms with van der Waals surface area (Å²) in [5, 5.41) is 20.2. The molecule has 0 aliphatic heterocycles. The number of aliphatic hydroxyl groups is 1. The highest BCUT2D eigenvalue weighted by Gasteiger charge is 2.10. The number of aliphatic hydroxyl groups excluding tert-OH is 1. The number of allylic oxidation sites excluding steroid dienone is 1. The molecule has 22 heavy (non-hydrogen) atoms. The lowest BCUT2D eigenvalue weighted by molar-refractivity contribution is 0.103. The van der Waals surface area contributed by atoms with Crippen LogP contribution in [0.3, 0.4) is 0 Å². The van der Waals surface area contributed by atoms with Crippen LogP contribution in [-0.2, 0) is 6.54 Å². The van der Waals surface area contributed by atoms with Crippen molar-refractivity contribution in [2.45, 2.75) is 6.54 Å². The van der Waals surface area contributed by atoms with Crippen molar-refractivity contribution < 1.29 is 9.90 Å². The summed E-state index contributed by atoms with van der Waals surface area (Å²) in [5.41, 5.74) is 1.56. The van der Waals surface area contributed by atoms with Crippen LogP contribution in [0.25, 0.3) is 5.76 Å². The van der Waals surface area contributed by atoms with Crippen LogP contribution in [-0.4, -0.2) is 35.9 Å². The van der Waals surface area contributed by atoms with Gasteiger partial charge in [0.15, 0.2) is 5.82 Å². The van der Waals surface area contributed by atoms with Gasteiger partial charge in [0, 0.05) is 12.3 Å². The molecule has 0 saturated heterocycles. The molecule has 0 unspecified atom stereocenters. The van der Waals surface area contributed by atoms with Crippen LogP contribution in [0.1, 0.15) is 21.7 Å². The highest BCUT2D eigenvalue weighted by molar-refractivity contribution is 6.05. The summed E-state index contributed by atoms with van der Waals surface area (Å²) in [6.45, 7) is 0.587. The minimum absolute atomic E-state index is 0.0724. The molecule has 0 bridgehead atoms. The Kier molecular flexibility index (Phi) is 3.78. The number of ketones is 1. The number of hydrogen-bond acceptors (Lipinski definition) is 5. The Morgan fingerprint density at radius 3 is 2.86 bits per heavy atom. The van der Waals surface area contributed by atoms with Gasteiger partial charge in [-0.15, -0.1) is 0 Å². The van der Waals surface area contributed by atoms with Crippen molar-refractivity contribution in [2.24, 2.45) is 0 Å². The smallest absolute Gasteiger partial charge is 0.226 e. The topological polar surface area (TPSA) is 96.7 Å². The zero-order valence-electron chi connectivity index (χ0n) is 11.5. The maximum Gasteiger partial charge on any atom is 0.226 e. The first kappa shape index (κ1) is 13.7. The lowest BCUT2D eigenvalue weighted by Crippen LogP contribution is -2.00. The van der Waals surface area contributed by atoms with Gasteiger partial charge >= 0.3 is 0 Å². The normalized spacial score (nSPS) is 11.5. The molecule has 0 spiro atoms. The number of carbonyl (C=O) groups excluding carboxylic acids is 1. The van der Waals surface area contributed by atoms with Crippen LogP contribution in [0.2, 0.25) is 0 Å². The zero-order valence-corrected chi connectivity index (χ0v) is 11.5. The lowest BCUT2D eigenvalue weighted by Gasteiger charge is -2.00. The molecule has 110 valence electrons. The molecule has 0 saturated carbocycles. The number of aromatic amines is 1. The average molecular weight is 295 g/mol. The van der Waals surface area contributed by atoms with Gasteiger partial charge in [-0.25, -0.2) is 4.98 Å². The van der Waals surface area contributed by atoms with E-state index in [-0.39, 0.29) is 11.6 Å². The number of benzene rings is 1. The summed E-state index contributed by atoms with van der Waals surface area (Å²) >= 11 is 0. The van der Waals surface area contributed by atoms with Crippen molar-refractivity contribution in [1.82, 2.24) is 25.0 Å². The molecular weight excluding hydrogens is 282 g/mol. The second-order valence-corrected chi connectivity index (χ2v) is 4.64. The quantitative estimate of drug-likeness (QED) is 0.425. The second kappa shape index (κ2) is 6.04. The monoisotopic (exact) mass is 295 g/mol. The third-order valence-corrected chi connectivity index (χ3v) is 3.03. The fourth-order valence-electron chi connectivity index (χ4n) is 1.95. The molecule has 7 nitrogen and oxygen atoms in total. The van der Waals surface area contributed by atoms with Gasteiger partial charge in [-0.1, -0.05) is 30.3 Å². The summed E-state index contributed by atoms with van der Waals surface area (Å²) in [5.74, 6) is -0.547. The van der Waals surface area contributed by atoms with E-state index in [0.29, 0.717) is 12.1 Å². The van der Waals surface area contributed by atoms with E-state index in [0.717, 1.165) is 11.6 Å². The number of nitrogens with zero attached hydrogens (tertiary/aromatic N) is 4. The Bertz CT molecular complexity index is 790. The molecule has 0 radical (unpaired) electrons. The molecule has 3 rings (SSSR count). The summed E-state index contributed by atoms with van der Waals surface area (Å²) in [6.07, 6.45) is 5.50. The Balaban J connectivity index is 1.74. The summed E-state index contributed by atoms with van der Waals surface area (Å²) in [7, 11) is 0. The van der Waals surface area contributed by atoms with Crippen LogP contribution < -0.4 is 0 Å². The molecule has 2 heterocycles. The molecule has 0 atom stereocenters. The number of carbonyl (C=O) groups is 1. The third-order valence-electron chi connectivity index (χ3n) is 3.03. The minimum Gasteiger partial charge on any atom is -0.507 e. The minimum atomic E-state index is -0.453. The van der Waals surface area contributed by atoms with Gasteiger partial charge in [-0.05, 0) is 5.56 Å². The Morgan fingerprint density at radius 1 is 1.32 bits per heavy atom. The van der Waals surface area contributed by atoms with Crippen molar-refractivity contribution >= 4 is 11.5 Å². The van der Waals surface area contributed by atoms with E-state index in [2.05, 4.69) is 20.3 Å². The van der Waals surface area contributed by atoms with Gasteiger partial charge in [0.05, 0.1) is 18.3 Å². The standard InChI is InChI=1S/C15H13N5O2/c21-13(6-14(22)15-16-10-17-19-15)12-7-18-20(9-12)8-11-4-2-1-3-5-11/h1-7,9-10,21H,8H2,(H,16,17,19). The first-order valence-electron chi connectivity index (χ1n) is 6.59. The maximum atomic E-state index is 11.8. The fourth-order valence-corrected chi connectivity index (χ4v) is 1.95. The largest absolute Gasteiger partial charge is 0.507 e. The third kappa shape index (κ3) is 3.09. The molecular formula is C15H13N5O2. The highest BCUT2D eigenvalue weighted by Crippen LogP contribution is 2.12. The Morgan fingerprint density at radius 2 is 2.14 bits per heavy atom. The number of nitrogens with one attached hydrogen (secondary N) is 1. The predicted octanol–water partition coefficient (Wildman–Crippen LogP) is 1.83. The Hall–Kier alpha value is -3.22. The first-order chi connectivity index (χ1) is 10.7. The average Bonchev–Trinajstić information content (AvgIpc) is 3.19. The van der Waals surface area contributed by atoms with Crippen molar-refractivity contribution in [3.63, 3.8) is 0 Å². The fraction of sp³-hybridized carbons (Fsp3) is 0.0667. The van der Waals surface area contributed by atoms with E-state index in [1.54, 1.807) is 10.9 Å². The van der Waals surface area contributed by atoms with E-state index in [4.69, 9.17) is 0 Å². The van der Waals surface area contributed by atoms with E-state index >= 15 is 0 Å². The van der Waals surface area contributed by atoms with E-state index in [9.17, 15) is 9.90 Å². The molecule has 0 amide bonds. The Labute approximate surface area is 125 Å². The van der Waals surface area contributed by atoms with E-state index in [1.165, 1.54) is 12.5 Å². The SMILES string of the molecule is O=C(C=C(O)c1cnn(Cc2ccccc2)c1)c1ncn[nH]1. The summed E-state index contributed by atoms with van der Waals surface area (Å²) in [4.78, 5) is 15.5. The van der Waals surface area contributed by atoms with Crippen LogP contribution in [0, 0.1) is 0 Å². The summed E-state index contributed by atoms with van der Waals surface area (Å²) in [6, 6.07) is 9.83.